The summed E-state index contributed by atoms with van der Waals surface area (Å²) in [6.45, 7) is 14.1. The largest absolute Gasteiger partial charge is 0.340 e. The van der Waals surface area contributed by atoms with Crippen LogP contribution in [0.4, 0.5) is 0 Å². The molecule has 0 heterocycles. The Hall–Kier alpha value is -0.530. The second-order valence-electron chi connectivity index (χ2n) is 7.58. The van der Waals surface area contributed by atoms with Gasteiger partial charge in [0.1, 0.15) is 0 Å². The van der Waals surface area contributed by atoms with Crippen molar-refractivity contribution < 1.29 is 4.79 Å². The molecule has 106 valence electrons. The highest BCUT2D eigenvalue weighted by Crippen LogP contribution is 2.31. The summed E-state index contributed by atoms with van der Waals surface area (Å²) < 4.78 is 0. The van der Waals surface area contributed by atoms with Crippen LogP contribution in [0.3, 0.4) is 0 Å². The molecule has 1 saturated carbocycles. The van der Waals surface area contributed by atoms with E-state index in [0.717, 1.165) is 25.3 Å². The Morgan fingerprint density at radius 3 is 2.06 bits per heavy atom. The quantitative estimate of drug-likeness (QED) is 0.741. The molecule has 1 aliphatic carbocycles. The molecule has 0 aliphatic heterocycles. The standard InChI is InChI=1S/C16H31NO/c1-12(2)17(11-16(4,5)6)15(18)14-9-7-13(3)8-10-14/h12-14H,7-11H2,1-6H3. The van der Waals surface area contributed by atoms with Crippen molar-refractivity contribution in [3.8, 4) is 0 Å². The number of hydrogen-bond donors (Lipinski definition) is 0. The first-order chi connectivity index (χ1) is 8.20. The number of nitrogens with zero attached hydrogens (tertiary/aromatic N) is 1. The SMILES string of the molecule is CC1CCC(C(=O)N(CC(C)(C)C)C(C)C)CC1. The molecule has 0 unspecified atom stereocenters. The number of rotatable bonds is 3. The summed E-state index contributed by atoms with van der Waals surface area (Å²) in [4.78, 5) is 14.7. The zero-order valence-corrected chi connectivity index (χ0v) is 13.1. The van der Waals surface area contributed by atoms with Crippen LogP contribution in [-0.4, -0.2) is 23.4 Å². The van der Waals surface area contributed by atoms with Crippen LogP contribution < -0.4 is 0 Å². The fraction of sp³-hybridized carbons (Fsp3) is 0.938. The normalized spacial score (nSPS) is 25.3. The zero-order chi connectivity index (χ0) is 13.9. The lowest BCUT2D eigenvalue weighted by Crippen LogP contribution is -2.45. The highest BCUT2D eigenvalue weighted by molar-refractivity contribution is 5.79. The van der Waals surface area contributed by atoms with Crippen molar-refractivity contribution in [2.45, 2.75) is 73.3 Å². The van der Waals surface area contributed by atoms with Gasteiger partial charge in [-0.25, -0.2) is 0 Å². The first kappa shape index (κ1) is 15.5. The molecule has 0 bridgehead atoms. The summed E-state index contributed by atoms with van der Waals surface area (Å²) >= 11 is 0. The second kappa shape index (κ2) is 6.08. The molecule has 1 fully saturated rings. The zero-order valence-electron chi connectivity index (χ0n) is 13.1. The maximum atomic E-state index is 12.7. The molecular formula is C16H31NO. The van der Waals surface area contributed by atoms with Crippen molar-refractivity contribution in [3.63, 3.8) is 0 Å². The molecule has 1 amide bonds. The Morgan fingerprint density at radius 2 is 1.67 bits per heavy atom. The van der Waals surface area contributed by atoms with Gasteiger partial charge in [-0.2, -0.15) is 0 Å². The number of carbonyl (C=O) groups excluding carboxylic acids is 1. The fourth-order valence-corrected chi connectivity index (χ4v) is 2.77. The van der Waals surface area contributed by atoms with E-state index in [9.17, 15) is 4.79 Å². The van der Waals surface area contributed by atoms with Crippen molar-refractivity contribution in [2.75, 3.05) is 6.54 Å². The van der Waals surface area contributed by atoms with Crippen molar-refractivity contribution in [1.82, 2.24) is 4.90 Å². The molecule has 0 atom stereocenters. The molecule has 0 saturated heterocycles. The van der Waals surface area contributed by atoms with Gasteiger partial charge < -0.3 is 4.90 Å². The van der Waals surface area contributed by atoms with Crippen molar-refractivity contribution in [2.24, 2.45) is 17.3 Å². The molecule has 2 heteroatoms. The summed E-state index contributed by atoms with van der Waals surface area (Å²) in [6, 6.07) is 0.316. The van der Waals surface area contributed by atoms with E-state index in [-0.39, 0.29) is 11.3 Å². The molecule has 0 N–H and O–H groups in total. The Balaban J connectivity index is 2.65. The summed E-state index contributed by atoms with van der Waals surface area (Å²) in [6.07, 6.45) is 4.62. The van der Waals surface area contributed by atoms with Gasteiger partial charge in [0.15, 0.2) is 0 Å². The molecule has 18 heavy (non-hydrogen) atoms. The maximum absolute atomic E-state index is 12.7. The Kier molecular flexibility index (Phi) is 5.24. The smallest absolute Gasteiger partial charge is 0.225 e. The van der Waals surface area contributed by atoms with Crippen molar-refractivity contribution in [3.05, 3.63) is 0 Å². The van der Waals surface area contributed by atoms with E-state index < -0.39 is 0 Å². The van der Waals surface area contributed by atoms with E-state index in [0.29, 0.717) is 11.9 Å². The first-order valence-electron chi connectivity index (χ1n) is 7.51. The van der Waals surface area contributed by atoms with Gasteiger partial charge in [0.05, 0.1) is 0 Å². The lowest BCUT2D eigenvalue weighted by atomic mass is 9.82. The van der Waals surface area contributed by atoms with Crippen LogP contribution in [0.2, 0.25) is 0 Å². The molecule has 0 aromatic heterocycles. The lowest BCUT2D eigenvalue weighted by Gasteiger charge is -2.37. The molecule has 1 rings (SSSR count). The average molecular weight is 253 g/mol. The Bertz CT molecular complexity index is 269. The van der Waals surface area contributed by atoms with E-state index in [1.807, 2.05) is 0 Å². The second-order valence-corrected chi connectivity index (χ2v) is 7.58. The van der Waals surface area contributed by atoms with E-state index in [1.165, 1.54) is 12.8 Å². The topological polar surface area (TPSA) is 20.3 Å². The highest BCUT2D eigenvalue weighted by atomic mass is 16.2. The highest BCUT2D eigenvalue weighted by Gasteiger charge is 2.31. The molecule has 0 aromatic carbocycles. The summed E-state index contributed by atoms with van der Waals surface area (Å²) in [5.74, 6) is 1.49. The van der Waals surface area contributed by atoms with Crippen LogP contribution in [0, 0.1) is 17.3 Å². The van der Waals surface area contributed by atoms with Crippen LogP contribution in [0.1, 0.15) is 67.2 Å². The van der Waals surface area contributed by atoms with Crippen molar-refractivity contribution >= 4 is 5.91 Å². The molecule has 0 radical (unpaired) electrons. The molecule has 1 aliphatic rings. The molecule has 0 aromatic rings. The lowest BCUT2D eigenvalue weighted by molar-refractivity contribution is -0.140. The van der Waals surface area contributed by atoms with Crippen LogP contribution >= 0.6 is 0 Å². The van der Waals surface area contributed by atoms with Crippen molar-refractivity contribution in [1.29, 1.82) is 0 Å². The fourth-order valence-electron chi connectivity index (χ4n) is 2.77. The van der Waals surface area contributed by atoms with E-state index >= 15 is 0 Å². The van der Waals surface area contributed by atoms with Gasteiger partial charge in [0, 0.05) is 18.5 Å². The number of amides is 1. The minimum atomic E-state index is 0.182. The maximum Gasteiger partial charge on any atom is 0.225 e. The van der Waals surface area contributed by atoms with E-state index in [2.05, 4.69) is 46.4 Å². The average Bonchev–Trinajstić information content (AvgIpc) is 2.24. The third-order valence-electron chi connectivity index (χ3n) is 3.92. The van der Waals surface area contributed by atoms with Gasteiger partial charge in [-0.1, -0.05) is 27.7 Å². The van der Waals surface area contributed by atoms with Gasteiger partial charge in [-0.3, -0.25) is 4.79 Å². The Morgan fingerprint density at radius 1 is 1.17 bits per heavy atom. The monoisotopic (exact) mass is 253 g/mol. The van der Waals surface area contributed by atoms with Crippen LogP contribution in [0.15, 0.2) is 0 Å². The first-order valence-corrected chi connectivity index (χ1v) is 7.51. The molecular weight excluding hydrogens is 222 g/mol. The van der Waals surface area contributed by atoms with Crippen LogP contribution in [0.25, 0.3) is 0 Å². The van der Waals surface area contributed by atoms with Gasteiger partial charge in [-0.15, -0.1) is 0 Å². The number of hydrogen-bond acceptors (Lipinski definition) is 1. The molecule has 2 nitrogen and oxygen atoms in total. The summed E-state index contributed by atoms with van der Waals surface area (Å²) in [7, 11) is 0. The Labute approximate surface area is 113 Å². The minimum absolute atomic E-state index is 0.182. The van der Waals surface area contributed by atoms with Crippen LogP contribution in [-0.2, 0) is 4.79 Å². The van der Waals surface area contributed by atoms with Gasteiger partial charge >= 0.3 is 0 Å². The predicted molar refractivity (Wildman–Crippen MR) is 77.4 cm³/mol. The van der Waals surface area contributed by atoms with E-state index in [4.69, 9.17) is 0 Å². The van der Waals surface area contributed by atoms with Gasteiger partial charge in [0.2, 0.25) is 5.91 Å². The summed E-state index contributed by atoms with van der Waals surface area (Å²) in [5.41, 5.74) is 0.182. The summed E-state index contributed by atoms with van der Waals surface area (Å²) in [5, 5.41) is 0. The molecule has 0 spiro atoms. The minimum Gasteiger partial charge on any atom is -0.340 e. The third-order valence-corrected chi connectivity index (χ3v) is 3.92. The predicted octanol–water partition coefficient (Wildman–Crippen LogP) is 4.10. The van der Waals surface area contributed by atoms with Gasteiger partial charge in [0.25, 0.3) is 0 Å². The third kappa shape index (κ3) is 4.62. The van der Waals surface area contributed by atoms with Crippen LogP contribution in [0.5, 0.6) is 0 Å². The van der Waals surface area contributed by atoms with E-state index in [1.54, 1.807) is 0 Å². The number of carbonyl (C=O) groups is 1. The van der Waals surface area contributed by atoms with Gasteiger partial charge in [-0.05, 0) is 50.9 Å².